The first-order valence-electron chi connectivity index (χ1n) is 8.99. The molecule has 0 unspecified atom stereocenters. The molecule has 144 valence electrons. The van der Waals surface area contributed by atoms with Crippen molar-refractivity contribution in [3.8, 4) is 0 Å². The zero-order valence-corrected chi connectivity index (χ0v) is 16.2. The number of anilines is 3. The highest BCUT2D eigenvalue weighted by Crippen LogP contribution is 2.28. The smallest absolute Gasteiger partial charge is 0.340 e. The normalized spacial score (nSPS) is 16.7. The Morgan fingerprint density at radius 2 is 2.11 bits per heavy atom. The summed E-state index contributed by atoms with van der Waals surface area (Å²) in [6.45, 7) is 6.13. The third kappa shape index (κ3) is 4.94. The van der Waals surface area contributed by atoms with Gasteiger partial charge in [-0.2, -0.15) is 0 Å². The van der Waals surface area contributed by atoms with Crippen LogP contribution in [0.5, 0.6) is 0 Å². The SMILES string of the molecule is CCOC(=O)c1ccccc1NC(=O)Nc1nnc(N2CCC[C@H](C)C2)s1. The molecule has 2 amide bonds. The number of piperidine rings is 1. The molecule has 8 nitrogen and oxygen atoms in total. The Balaban J connectivity index is 1.63. The van der Waals surface area contributed by atoms with Crippen LogP contribution in [-0.4, -0.2) is 41.9 Å². The van der Waals surface area contributed by atoms with Gasteiger partial charge in [-0.25, -0.2) is 9.59 Å². The fraction of sp³-hybridized carbons (Fsp3) is 0.444. The standard InChI is InChI=1S/C18H23N5O3S/c1-3-26-15(24)13-8-4-5-9-14(13)19-16(25)20-17-21-22-18(27-17)23-10-6-7-12(2)11-23/h4-5,8-9,12H,3,6-7,10-11H2,1-2H3,(H2,19,20,21,25)/t12-/m0/s1. The van der Waals surface area contributed by atoms with Crippen LogP contribution in [0.3, 0.4) is 0 Å². The molecule has 0 aliphatic carbocycles. The van der Waals surface area contributed by atoms with Gasteiger partial charge in [0, 0.05) is 13.1 Å². The quantitative estimate of drug-likeness (QED) is 0.759. The second-order valence-corrected chi connectivity index (χ2v) is 7.38. The maximum Gasteiger partial charge on any atom is 0.340 e. The van der Waals surface area contributed by atoms with Crippen LogP contribution in [-0.2, 0) is 4.74 Å². The van der Waals surface area contributed by atoms with Crippen molar-refractivity contribution in [1.29, 1.82) is 0 Å². The molecule has 2 heterocycles. The van der Waals surface area contributed by atoms with Gasteiger partial charge in [-0.15, -0.1) is 10.2 Å². The maximum atomic E-state index is 12.3. The van der Waals surface area contributed by atoms with Gasteiger partial charge in [-0.1, -0.05) is 30.4 Å². The number of carbonyl (C=O) groups excluding carboxylic acids is 2. The number of rotatable bonds is 5. The number of nitrogens with one attached hydrogen (secondary N) is 2. The second-order valence-electron chi connectivity index (χ2n) is 6.43. The summed E-state index contributed by atoms with van der Waals surface area (Å²) in [5, 5.41) is 14.8. The monoisotopic (exact) mass is 389 g/mol. The van der Waals surface area contributed by atoms with Crippen LogP contribution >= 0.6 is 11.3 Å². The van der Waals surface area contributed by atoms with E-state index in [0.717, 1.165) is 24.6 Å². The number of para-hydroxylation sites is 1. The Hall–Kier alpha value is -2.68. The number of urea groups is 1. The second kappa shape index (κ2) is 8.81. The number of benzene rings is 1. The first-order chi connectivity index (χ1) is 13.1. The molecule has 0 spiro atoms. The highest BCUT2D eigenvalue weighted by atomic mass is 32.1. The molecule has 0 radical (unpaired) electrons. The number of nitrogens with zero attached hydrogens (tertiary/aromatic N) is 3. The number of hydrogen-bond acceptors (Lipinski definition) is 7. The third-order valence-electron chi connectivity index (χ3n) is 4.23. The molecule has 1 aliphatic rings. The van der Waals surface area contributed by atoms with Crippen molar-refractivity contribution in [2.45, 2.75) is 26.7 Å². The Morgan fingerprint density at radius 1 is 1.30 bits per heavy atom. The van der Waals surface area contributed by atoms with Crippen LogP contribution < -0.4 is 15.5 Å². The van der Waals surface area contributed by atoms with E-state index >= 15 is 0 Å². The lowest BCUT2D eigenvalue weighted by Crippen LogP contribution is -2.34. The zero-order chi connectivity index (χ0) is 19.2. The molecule has 2 aromatic rings. The predicted octanol–water partition coefficient (Wildman–Crippen LogP) is 3.60. The highest BCUT2D eigenvalue weighted by Gasteiger charge is 2.20. The zero-order valence-electron chi connectivity index (χ0n) is 15.4. The van der Waals surface area contributed by atoms with Gasteiger partial charge in [-0.05, 0) is 37.8 Å². The number of amides is 2. The van der Waals surface area contributed by atoms with E-state index in [1.54, 1.807) is 31.2 Å². The average molecular weight is 389 g/mol. The van der Waals surface area contributed by atoms with Gasteiger partial charge in [0.15, 0.2) is 0 Å². The molecule has 3 rings (SSSR count). The lowest BCUT2D eigenvalue weighted by molar-refractivity contribution is 0.0527. The molecule has 1 fully saturated rings. The number of hydrogen-bond donors (Lipinski definition) is 2. The van der Waals surface area contributed by atoms with Crippen LogP contribution in [0.4, 0.5) is 20.7 Å². The number of carbonyl (C=O) groups is 2. The average Bonchev–Trinajstić information content (AvgIpc) is 3.10. The summed E-state index contributed by atoms with van der Waals surface area (Å²) in [4.78, 5) is 26.5. The van der Waals surface area contributed by atoms with E-state index < -0.39 is 12.0 Å². The molecular weight excluding hydrogens is 366 g/mol. The van der Waals surface area contributed by atoms with Crippen molar-refractivity contribution < 1.29 is 14.3 Å². The van der Waals surface area contributed by atoms with Crippen LogP contribution in [0.25, 0.3) is 0 Å². The topological polar surface area (TPSA) is 96.4 Å². The number of ether oxygens (including phenoxy) is 1. The molecule has 1 aromatic heterocycles. The van der Waals surface area contributed by atoms with Gasteiger partial charge >= 0.3 is 12.0 Å². The maximum absolute atomic E-state index is 12.3. The van der Waals surface area contributed by atoms with Gasteiger partial charge in [0.1, 0.15) is 0 Å². The van der Waals surface area contributed by atoms with Gasteiger partial charge in [0.05, 0.1) is 17.9 Å². The molecule has 2 N–H and O–H groups in total. The molecule has 9 heteroatoms. The van der Waals surface area contributed by atoms with Crippen LogP contribution in [0, 0.1) is 5.92 Å². The Bertz CT molecular complexity index is 810. The summed E-state index contributed by atoms with van der Waals surface area (Å²) in [6.07, 6.45) is 2.36. The summed E-state index contributed by atoms with van der Waals surface area (Å²) < 4.78 is 5.01. The minimum absolute atomic E-state index is 0.266. The highest BCUT2D eigenvalue weighted by molar-refractivity contribution is 7.19. The summed E-state index contributed by atoms with van der Waals surface area (Å²) in [5.41, 5.74) is 0.679. The number of esters is 1. The van der Waals surface area contributed by atoms with Crippen molar-refractivity contribution in [3.05, 3.63) is 29.8 Å². The Kier molecular flexibility index (Phi) is 6.23. The van der Waals surface area contributed by atoms with Crippen LogP contribution in [0.1, 0.15) is 37.0 Å². The molecule has 1 aromatic carbocycles. The first kappa shape index (κ1) is 19.1. The largest absolute Gasteiger partial charge is 0.462 e. The Morgan fingerprint density at radius 3 is 2.89 bits per heavy atom. The molecule has 1 saturated heterocycles. The van der Waals surface area contributed by atoms with Crippen molar-refractivity contribution in [3.63, 3.8) is 0 Å². The van der Waals surface area contributed by atoms with Crippen molar-refractivity contribution in [2.24, 2.45) is 5.92 Å². The first-order valence-corrected chi connectivity index (χ1v) is 9.81. The summed E-state index contributed by atoms with van der Waals surface area (Å²) in [7, 11) is 0. The summed E-state index contributed by atoms with van der Waals surface area (Å²) in [6, 6.07) is 6.22. The van der Waals surface area contributed by atoms with E-state index in [0.29, 0.717) is 22.3 Å². The molecule has 0 bridgehead atoms. The summed E-state index contributed by atoms with van der Waals surface area (Å²) >= 11 is 1.34. The van der Waals surface area contributed by atoms with Gasteiger partial charge < -0.3 is 15.0 Å². The fourth-order valence-corrected chi connectivity index (χ4v) is 3.76. The number of aromatic nitrogens is 2. The molecular formula is C18H23N5O3S. The molecule has 27 heavy (non-hydrogen) atoms. The van der Waals surface area contributed by atoms with Crippen molar-refractivity contribution in [2.75, 3.05) is 35.2 Å². The fourth-order valence-electron chi connectivity index (χ4n) is 2.99. The van der Waals surface area contributed by atoms with Crippen LogP contribution in [0.15, 0.2) is 24.3 Å². The lowest BCUT2D eigenvalue weighted by atomic mass is 10.0. The third-order valence-corrected chi connectivity index (χ3v) is 5.13. The van der Waals surface area contributed by atoms with E-state index in [2.05, 4.69) is 32.7 Å². The minimum Gasteiger partial charge on any atom is -0.462 e. The molecule has 1 aliphatic heterocycles. The summed E-state index contributed by atoms with van der Waals surface area (Å²) in [5.74, 6) is 0.146. The van der Waals surface area contributed by atoms with Gasteiger partial charge in [-0.3, -0.25) is 5.32 Å². The van der Waals surface area contributed by atoms with E-state index in [-0.39, 0.29) is 6.61 Å². The van der Waals surface area contributed by atoms with E-state index in [1.807, 2.05) is 0 Å². The van der Waals surface area contributed by atoms with E-state index in [1.165, 1.54) is 17.8 Å². The van der Waals surface area contributed by atoms with E-state index in [4.69, 9.17) is 4.74 Å². The van der Waals surface area contributed by atoms with Crippen molar-refractivity contribution >= 4 is 39.3 Å². The predicted molar refractivity (Wildman–Crippen MR) is 106 cm³/mol. The lowest BCUT2D eigenvalue weighted by Gasteiger charge is -2.29. The van der Waals surface area contributed by atoms with Gasteiger partial charge in [0.2, 0.25) is 10.3 Å². The Labute approximate surface area is 161 Å². The molecule has 1 atom stereocenters. The minimum atomic E-state index is -0.485. The van der Waals surface area contributed by atoms with Crippen LogP contribution in [0.2, 0.25) is 0 Å². The molecule has 0 saturated carbocycles. The van der Waals surface area contributed by atoms with E-state index in [9.17, 15) is 9.59 Å². The van der Waals surface area contributed by atoms with Crippen molar-refractivity contribution in [1.82, 2.24) is 10.2 Å². The van der Waals surface area contributed by atoms with Gasteiger partial charge in [0.25, 0.3) is 0 Å².